The van der Waals surface area contributed by atoms with Crippen LogP contribution in [0.3, 0.4) is 0 Å². The normalized spacial score (nSPS) is 9.90. The summed E-state index contributed by atoms with van der Waals surface area (Å²) in [6.45, 7) is 2.14. The predicted octanol–water partition coefficient (Wildman–Crippen LogP) is 3.01. The Bertz CT molecular complexity index is 237. The van der Waals surface area contributed by atoms with Crippen molar-refractivity contribution in [3.8, 4) is 0 Å². The van der Waals surface area contributed by atoms with Gasteiger partial charge in [0.15, 0.2) is 0 Å². The summed E-state index contributed by atoms with van der Waals surface area (Å²) in [4.78, 5) is 4.13. The Hall–Kier alpha value is 0.360. The van der Waals surface area contributed by atoms with E-state index in [1.807, 2.05) is 6.20 Å². The molecule has 1 heterocycles. The Morgan fingerprint density at radius 3 is 2.90 bits per heavy atom. The zero-order valence-corrected chi connectivity index (χ0v) is 9.31. The molecule has 0 aromatic carbocycles. The van der Waals surface area contributed by atoms with Crippen molar-refractivity contribution in [1.82, 2.24) is 4.98 Å². The van der Waals surface area contributed by atoms with Gasteiger partial charge >= 0.3 is 0 Å². The monoisotopic (exact) mass is 311 g/mol. The van der Waals surface area contributed by atoms with Gasteiger partial charge in [-0.15, -0.1) is 0 Å². The van der Waals surface area contributed by atoms with Crippen LogP contribution in [0.4, 0.5) is 0 Å². The third kappa shape index (κ3) is 1.92. The summed E-state index contributed by atoms with van der Waals surface area (Å²) in [5.74, 6) is 0. The summed E-state index contributed by atoms with van der Waals surface area (Å²) in [5, 5.41) is 0. The van der Waals surface area contributed by atoms with Crippen molar-refractivity contribution in [2.24, 2.45) is 0 Å². The zero-order chi connectivity index (χ0) is 7.56. The molecular formula is C7H7BrIN. The standard InChI is InChI=1S/C7H7BrIN/c1-2-5-3-7(9)10-4-6(5)8/h3-4H,2H2,1H3. The van der Waals surface area contributed by atoms with Crippen molar-refractivity contribution in [2.45, 2.75) is 13.3 Å². The highest BCUT2D eigenvalue weighted by Gasteiger charge is 1.97. The number of halogens is 2. The molecule has 0 atom stereocenters. The maximum absolute atomic E-state index is 4.13. The van der Waals surface area contributed by atoms with E-state index >= 15 is 0 Å². The summed E-state index contributed by atoms with van der Waals surface area (Å²) >= 11 is 5.64. The zero-order valence-electron chi connectivity index (χ0n) is 5.56. The fourth-order valence-corrected chi connectivity index (χ4v) is 1.73. The SMILES string of the molecule is CCc1cc(I)ncc1Br. The highest BCUT2D eigenvalue weighted by Crippen LogP contribution is 2.17. The number of aromatic nitrogens is 1. The maximum Gasteiger partial charge on any atom is 0.101 e. The van der Waals surface area contributed by atoms with Crippen LogP contribution in [0.15, 0.2) is 16.7 Å². The first-order chi connectivity index (χ1) is 4.74. The van der Waals surface area contributed by atoms with Crippen LogP contribution in [-0.2, 0) is 6.42 Å². The second kappa shape index (κ2) is 3.67. The van der Waals surface area contributed by atoms with E-state index in [0.29, 0.717) is 0 Å². The lowest BCUT2D eigenvalue weighted by Gasteiger charge is -1.98. The number of aryl methyl sites for hydroxylation is 1. The molecule has 0 aliphatic carbocycles. The molecule has 0 saturated carbocycles. The first-order valence-corrected chi connectivity index (χ1v) is 4.91. The van der Waals surface area contributed by atoms with E-state index in [2.05, 4.69) is 56.5 Å². The van der Waals surface area contributed by atoms with E-state index < -0.39 is 0 Å². The molecule has 0 spiro atoms. The van der Waals surface area contributed by atoms with Gasteiger partial charge in [0.1, 0.15) is 3.70 Å². The first kappa shape index (κ1) is 8.46. The Morgan fingerprint density at radius 1 is 1.70 bits per heavy atom. The fourth-order valence-electron chi connectivity index (χ4n) is 0.722. The summed E-state index contributed by atoms with van der Waals surface area (Å²) in [5.41, 5.74) is 1.32. The molecule has 54 valence electrons. The quantitative estimate of drug-likeness (QED) is 0.574. The number of hydrogen-bond acceptors (Lipinski definition) is 1. The lowest BCUT2D eigenvalue weighted by molar-refractivity contribution is 1.09. The molecule has 1 rings (SSSR count). The molecule has 0 aliphatic heterocycles. The van der Waals surface area contributed by atoms with Crippen LogP contribution >= 0.6 is 38.5 Å². The van der Waals surface area contributed by atoms with Crippen molar-refractivity contribution in [2.75, 3.05) is 0 Å². The van der Waals surface area contributed by atoms with Crippen molar-refractivity contribution in [3.05, 3.63) is 26.0 Å². The minimum atomic E-state index is 1.05. The van der Waals surface area contributed by atoms with Crippen LogP contribution in [0.5, 0.6) is 0 Å². The number of rotatable bonds is 1. The van der Waals surface area contributed by atoms with Gasteiger partial charge in [-0.25, -0.2) is 4.98 Å². The lowest BCUT2D eigenvalue weighted by atomic mass is 10.2. The molecule has 0 fully saturated rings. The van der Waals surface area contributed by atoms with Gasteiger partial charge in [0.2, 0.25) is 0 Å². The van der Waals surface area contributed by atoms with E-state index in [-0.39, 0.29) is 0 Å². The summed E-state index contributed by atoms with van der Waals surface area (Å²) < 4.78 is 2.16. The largest absolute Gasteiger partial charge is 0.249 e. The van der Waals surface area contributed by atoms with Gasteiger partial charge in [-0.1, -0.05) is 6.92 Å². The van der Waals surface area contributed by atoms with Crippen molar-refractivity contribution < 1.29 is 0 Å². The second-order valence-corrected chi connectivity index (χ2v) is 3.91. The Balaban J connectivity index is 3.09. The average Bonchev–Trinajstić information content (AvgIpc) is 1.94. The number of pyridine rings is 1. The summed E-state index contributed by atoms with van der Waals surface area (Å²) in [6, 6.07) is 2.09. The molecule has 0 bridgehead atoms. The Morgan fingerprint density at radius 2 is 2.40 bits per heavy atom. The molecule has 3 heteroatoms. The minimum absolute atomic E-state index is 1.05. The van der Waals surface area contributed by atoms with Crippen molar-refractivity contribution >= 4 is 38.5 Å². The first-order valence-electron chi connectivity index (χ1n) is 3.04. The van der Waals surface area contributed by atoms with Gasteiger partial charge < -0.3 is 0 Å². The highest BCUT2D eigenvalue weighted by molar-refractivity contribution is 14.1. The van der Waals surface area contributed by atoms with Crippen LogP contribution < -0.4 is 0 Å². The third-order valence-corrected chi connectivity index (χ3v) is 2.59. The molecular weight excluding hydrogens is 305 g/mol. The Labute approximate surface area is 82.5 Å². The second-order valence-electron chi connectivity index (χ2n) is 1.95. The van der Waals surface area contributed by atoms with Crippen LogP contribution in [0.2, 0.25) is 0 Å². The van der Waals surface area contributed by atoms with Gasteiger partial charge in [-0.2, -0.15) is 0 Å². The average molecular weight is 312 g/mol. The summed E-state index contributed by atoms with van der Waals surface area (Å²) in [7, 11) is 0. The smallest absolute Gasteiger partial charge is 0.101 e. The minimum Gasteiger partial charge on any atom is -0.249 e. The van der Waals surface area contributed by atoms with Crippen LogP contribution in [0.25, 0.3) is 0 Å². The van der Waals surface area contributed by atoms with E-state index in [4.69, 9.17) is 0 Å². The lowest BCUT2D eigenvalue weighted by Crippen LogP contribution is -1.86. The molecule has 0 unspecified atom stereocenters. The van der Waals surface area contributed by atoms with E-state index in [0.717, 1.165) is 14.6 Å². The van der Waals surface area contributed by atoms with Crippen LogP contribution in [-0.4, -0.2) is 4.98 Å². The van der Waals surface area contributed by atoms with Gasteiger partial charge in [0.05, 0.1) is 0 Å². The van der Waals surface area contributed by atoms with E-state index in [1.165, 1.54) is 5.56 Å². The van der Waals surface area contributed by atoms with E-state index in [1.54, 1.807) is 0 Å². The molecule has 1 aromatic heterocycles. The van der Waals surface area contributed by atoms with Gasteiger partial charge in [0, 0.05) is 10.7 Å². The number of hydrogen-bond donors (Lipinski definition) is 0. The van der Waals surface area contributed by atoms with Gasteiger partial charge in [-0.3, -0.25) is 0 Å². The van der Waals surface area contributed by atoms with E-state index in [9.17, 15) is 0 Å². The maximum atomic E-state index is 4.13. The molecule has 0 N–H and O–H groups in total. The topological polar surface area (TPSA) is 12.9 Å². The van der Waals surface area contributed by atoms with Crippen molar-refractivity contribution in [1.29, 1.82) is 0 Å². The molecule has 0 saturated heterocycles. The molecule has 0 amide bonds. The van der Waals surface area contributed by atoms with Gasteiger partial charge in [-0.05, 0) is 56.6 Å². The molecule has 0 radical (unpaired) electrons. The van der Waals surface area contributed by atoms with Crippen LogP contribution in [0, 0.1) is 3.70 Å². The predicted molar refractivity (Wildman–Crippen MR) is 54.0 cm³/mol. The molecule has 10 heavy (non-hydrogen) atoms. The van der Waals surface area contributed by atoms with Gasteiger partial charge in [0.25, 0.3) is 0 Å². The molecule has 0 aliphatic rings. The highest BCUT2D eigenvalue weighted by atomic mass is 127. The third-order valence-electron chi connectivity index (χ3n) is 1.28. The van der Waals surface area contributed by atoms with Crippen LogP contribution in [0.1, 0.15) is 12.5 Å². The Kier molecular flexibility index (Phi) is 3.10. The molecule has 1 nitrogen and oxygen atoms in total. The number of nitrogens with zero attached hydrogens (tertiary/aromatic N) is 1. The fraction of sp³-hybridized carbons (Fsp3) is 0.286. The summed E-state index contributed by atoms with van der Waals surface area (Å²) in [6.07, 6.45) is 2.90. The van der Waals surface area contributed by atoms with Crippen molar-refractivity contribution in [3.63, 3.8) is 0 Å². The molecule has 1 aromatic rings.